The molecule has 1 aromatic carbocycles. The molecule has 0 saturated heterocycles. The van der Waals surface area contributed by atoms with Gasteiger partial charge in [-0.1, -0.05) is 24.3 Å². The minimum absolute atomic E-state index is 0.180. The van der Waals surface area contributed by atoms with Gasteiger partial charge in [0.2, 0.25) is 5.88 Å². The largest absolute Gasteiger partial charge is 0.480 e. The Morgan fingerprint density at radius 3 is 2.44 bits per heavy atom. The molecular formula is C30H29F3N8O2. The Hall–Kier alpha value is -4.65. The first-order chi connectivity index (χ1) is 20.5. The highest BCUT2D eigenvalue weighted by atomic mass is 19.4. The van der Waals surface area contributed by atoms with E-state index in [4.69, 9.17) is 9.72 Å². The zero-order valence-electron chi connectivity index (χ0n) is 24.1. The van der Waals surface area contributed by atoms with Crippen LogP contribution in [0.1, 0.15) is 41.3 Å². The average molecular weight is 591 g/mol. The summed E-state index contributed by atoms with van der Waals surface area (Å²) in [5.41, 5.74) is 2.59. The van der Waals surface area contributed by atoms with E-state index in [0.29, 0.717) is 46.0 Å². The first kappa shape index (κ1) is 28.5. The van der Waals surface area contributed by atoms with Crippen LogP contribution in [0.3, 0.4) is 0 Å². The molecular weight excluding hydrogens is 561 g/mol. The van der Waals surface area contributed by atoms with Crippen LogP contribution in [0.25, 0.3) is 33.8 Å². The van der Waals surface area contributed by atoms with Crippen molar-refractivity contribution in [3.63, 3.8) is 0 Å². The molecule has 222 valence electrons. The zero-order valence-corrected chi connectivity index (χ0v) is 24.1. The van der Waals surface area contributed by atoms with Crippen LogP contribution in [-0.4, -0.2) is 60.2 Å². The number of fused-ring (bicyclic) bond motifs is 1. The summed E-state index contributed by atoms with van der Waals surface area (Å²) in [4.78, 5) is 37.8. The number of ether oxygens (including phenoxy) is 1. The van der Waals surface area contributed by atoms with Gasteiger partial charge in [-0.15, -0.1) is 0 Å². The van der Waals surface area contributed by atoms with Gasteiger partial charge in [-0.25, -0.2) is 24.9 Å². The molecule has 0 bridgehead atoms. The van der Waals surface area contributed by atoms with Crippen molar-refractivity contribution in [3.05, 3.63) is 81.9 Å². The van der Waals surface area contributed by atoms with Crippen LogP contribution in [0, 0.1) is 0 Å². The number of imidazole rings is 1. The van der Waals surface area contributed by atoms with Gasteiger partial charge in [0, 0.05) is 48.4 Å². The predicted octanol–water partition coefficient (Wildman–Crippen LogP) is 4.66. The minimum atomic E-state index is -4.54. The van der Waals surface area contributed by atoms with Crippen molar-refractivity contribution in [3.8, 4) is 28.7 Å². The molecule has 13 heteroatoms. The van der Waals surface area contributed by atoms with Crippen molar-refractivity contribution < 1.29 is 17.9 Å². The lowest BCUT2D eigenvalue weighted by Gasteiger charge is -2.16. The minimum Gasteiger partial charge on any atom is -0.480 e. The summed E-state index contributed by atoms with van der Waals surface area (Å²) in [5.74, 6) is 1.21. The number of aromatic nitrogens is 7. The molecule has 0 atom stereocenters. The maximum absolute atomic E-state index is 13.8. The molecule has 1 fully saturated rings. The molecule has 1 saturated carbocycles. The average Bonchev–Trinajstić information content (AvgIpc) is 3.74. The second-order valence-electron chi connectivity index (χ2n) is 10.9. The Bertz CT molecular complexity index is 1880. The molecule has 6 rings (SSSR count). The maximum atomic E-state index is 13.8. The van der Waals surface area contributed by atoms with E-state index in [-0.39, 0.29) is 23.8 Å². The summed E-state index contributed by atoms with van der Waals surface area (Å²) in [6.45, 7) is 0.599. The van der Waals surface area contributed by atoms with Crippen molar-refractivity contribution in [2.75, 3.05) is 21.2 Å². The lowest BCUT2D eigenvalue weighted by Crippen LogP contribution is -2.28. The SMILES string of the molecule is COc1ncnc(C2CC2)c1-c1ncc2cc(CN(C)C)c(=O)n(Cc3ccc(-c4nc(C(F)(F)F)cn4C)cc3)c2n1. The van der Waals surface area contributed by atoms with E-state index in [1.54, 1.807) is 41.1 Å². The Labute approximate surface area is 244 Å². The summed E-state index contributed by atoms with van der Waals surface area (Å²) in [6.07, 6.45) is 1.60. The number of rotatable bonds is 8. The number of hydrogen-bond acceptors (Lipinski definition) is 8. The molecule has 0 amide bonds. The van der Waals surface area contributed by atoms with E-state index in [9.17, 15) is 18.0 Å². The van der Waals surface area contributed by atoms with Gasteiger partial charge in [-0.2, -0.15) is 13.2 Å². The summed E-state index contributed by atoms with van der Waals surface area (Å²) in [5, 5.41) is 0.688. The molecule has 4 heterocycles. The van der Waals surface area contributed by atoms with Crippen LogP contribution < -0.4 is 10.3 Å². The van der Waals surface area contributed by atoms with Gasteiger partial charge >= 0.3 is 6.18 Å². The van der Waals surface area contributed by atoms with E-state index in [1.165, 1.54) is 25.1 Å². The molecule has 0 aliphatic heterocycles. The van der Waals surface area contributed by atoms with Crippen molar-refractivity contribution in [2.45, 2.75) is 38.0 Å². The molecule has 4 aromatic heterocycles. The van der Waals surface area contributed by atoms with Crippen molar-refractivity contribution in [1.82, 2.24) is 39.0 Å². The standard InChI is InChI=1S/C30H29F3N8O2/c1-39(2)14-21-11-20-12-34-25(23-24(18-9-10-18)35-16-36-28(23)43-4)38-27(20)41(29(21)42)13-17-5-7-19(8-6-17)26-37-22(15-40(26)3)30(31,32)33/h5-8,11-12,15-16,18H,9-10,13-14H2,1-4H3. The van der Waals surface area contributed by atoms with Crippen molar-refractivity contribution in [2.24, 2.45) is 7.05 Å². The highest BCUT2D eigenvalue weighted by molar-refractivity contribution is 5.78. The smallest absolute Gasteiger partial charge is 0.434 e. The molecule has 0 spiro atoms. The molecule has 5 aromatic rings. The van der Waals surface area contributed by atoms with E-state index < -0.39 is 11.9 Å². The van der Waals surface area contributed by atoms with Crippen molar-refractivity contribution >= 4 is 11.0 Å². The van der Waals surface area contributed by atoms with Gasteiger partial charge < -0.3 is 14.2 Å². The molecule has 43 heavy (non-hydrogen) atoms. The lowest BCUT2D eigenvalue weighted by molar-refractivity contribution is -0.140. The van der Waals surface area contributed by atoms with E-state index in [2.05, 4.69) is 19.9 Å². The van der Waals surface area contributed by atoms with Crippen molar-refractivity contribution in [1.29, 1.82) is 0 Å². The fraction of sp³-hybridized carbons (Fsp3) is 0.333. The molecule has 0 radical (unpaired) electrons. The van der Waals surface area contributed by atoms with Crippen LogP contribution in [0.15, 0.2) is 53.8 Å². The third kappa shape index (κ3) is 5.59. The summed E-state index contributed by atoms with van der Waals surface area (Å²) in [7, 11) is 6.82. The molecule has 1 aliphatic carbocycles. The summed E-state index contributed by atoms with van der Waals surface area (Å²) in [6, 6.07) is 8.75. The number of aryl methyl sites for hydroxylation is 1. The fourth-order valence-corrected chi connectivity index (χ4v) is 5.17. The quantitative estimate of drug-likeness (QED) is 0.257. The lowest BCUT2D eigenvalue weighted by atomic mass is 10.1. The van der Waals surface area contributed by atoms with Gasteiger partial charge in [0.1, 0.15) is 23.4 Å². The van der Waals surface area contributed by atoms with Crippen LogP contribution in [0.4, 0.5) is 13.2 Å². The Morgan fingerprint density at radius 2 is 1.81 bits per heavy atom. The van der Waals surface area contributed by atoms with Gasteiger partial charge in [-0.3, -0.25) is 9.36 Å². The first-order valence-corrected chi connectivity index (χ1v) is 13.7. The summed E-state index contributed by atoms with van der Waals surface area (Å²) < 4.78 is 48.1. The highest BCUT2D eigenvalue weighted by Gasteiger charge is 2.34. The Kier molecular flexibility index (Phi) is 7.20. The highest BCUT2D eigenvalue weighted by Crippen LogP contribution is 2.44. The number of alkyl halides is 3. The molecule has 0 N–H and O–H groups in total. The van der Waals surface area contributed by atoms with Crippen LogP contribution in [0.2, 0.25) is 0 Å². The van der Waals surface area contributed by atoms with Gasteiger partial charge in [-0.05, 0) is 38.6 Å². The Balaban J connectivity index is 1.44. The topological polar surface area (TPSA) is 104 Å². The second-order valence-corrected chi connectivity index (χ2v) is 10.9. The van der Waals surface area contributed by atoms with Crippen LogP contribution in [-0.2, 0) is 26.3 Å². The third-order valence-corrected chi connectivity index (χ3v) is 7.33. The van der Waals surface area contributed by atoms with Gasteiger partial charge in [0.05, 0.1) is 19.3 Å². The number of pyridine rings is 1. The number of hydrogen-bond donors (Lipinski definition) is 0. The zero-order chi connectivity index (χ0) is 30.5. The number of halogens is 3. The monoisotopic (exact) mass is 590 g/mol. The first-order valence-electron chi connectivity index (χ1n) is 13.7. The molecule has 10 nitrogen and oxygen atoms in total. The second kappa shape index (κ2) is 10.9. The fourth-order valence-electron chi connectivity index (χ4n) is 5.17. The van der Waals surface area contributed by atoms with E-state index in [1.807, 2.05) is 19.0 Å². The normalized spacial score (nSPS) is 13.7. The van der Waals surface area contributed by atoms with Gasteiger partial charge in [0.25, 0.3) is 5.56 Å². The van der Waals surface area contributed by atoms with E-state index >= 15 is 0 Å². The number of nitrogens with zero attached hydrogens (tertiary/aromatic N) is 8. The van der Waals surface area contributed by atoms with E-state index in [0.717, 1.165) is 30.3 Å². The predicted molar refractivity (Wildman–Crippen MR) is 153 cm³/mol. The van der Waals surface area contributed by atoms with Crippen LogP contribution in [0.5, 0.6) is 5.88 Å². The Morgan fingerprint density at radius 1 is 1.07 bits per heavy atom. The maximum Gasteiger partial charge on any atom is 0.434 e. The summed E-state index contributed by atoms with van der Waals surface area (Å²) >= 11 is 0. The molecule has 0 unspecified atom stereocenters. The van der Waals surface area contributed by atoms with Crippen LogP contribution >= 0.6 is 0 Å². The van der Waals surface area contributed by atoms with Gasteiger partial charge in [0.15, 0.2) is 11.5 Å². The third-order valence-electron chi connectivity index (χ3n) is 7.33. The molecule has 1 aliphatic rings. The number of methoxy groups -OCH3 is 1. The number of benzene rings is 1.